The number of fused-ring (bicyclic) bond motifs is 2. The molecule has 0 saturated heterocycles. The highest BCUT2D eigenvalue weighted by atomic mass is 16.4. The van der Waals surface area contributed by atoms with Gasteiger partial charge in [-0.25, -0.2) is 0 Å². The van der Waals surface area contributed by atoms with E-state index in [0.29, 0.717) is 6.54 Å². The van der Waals surface area contributed by atoms with Gasteiger partial charge in [-0.2, -0.15) is 0 Å². The van der Waals surface area contributed by atoms with Gasteiger partial charge in [-0.3, -0.25) is 4.79 Å². The maximum Gasteiger partial charge on any atom is 0.224 e. The van der Waals surface area contributed by atoms with E-state index in [0.717, 1.165) is 25.7 Å². The van der Waals surface area contributed by atoms with E-state index in [9.17, 15) is 14.7 Å². The van der Waals surface area contributed by atoms with Crippen molar-refractivity contribution in [1.29, 1.82) is 0 Å². The van der Waals surface area contributed by atoms with Gasteiger partial charge in [-0.1, -0.05) is 30.3 Å². The second-order valence-electron chi connectivity index (χ2n) is 6.23. The maximum absolute atomic E-state index is 12.3. The molecule has 3 rings (SSSR count). The van der Waals surface area contributed by atoms with Crippen molar-refractivity contribution in [2.45, 2.75) is 25.7 Å². The van der Waals surface area contributed by atoms with Crippen LogP contribution in [0.5, 0.6) is 0 Å². The predicted octanol–water partition coefficient (Wildman–Crippen LogP) is 0.757. The molecule has 0 radical (unpaired) electrons. The Morgan fingerprint density at radius 2 is 1.76 bits per heavy atom. The molecule has 1 aromatic carbocycles. The Balaban J connectivity index is 1.56. The lowest BCUT2D eigenvalue weighted by molar-refractivity contribution is -0.314. The SMILES string of the molecule is O=C(NCCc1ccccc1)[C@@H]1[C@H]2CC[C@@H](C2)[C@@H]1C(=O)[O-]. The molecule has 0 unspecified atom stereocenters. The van der Waals surface area contributed by atoms with E-state index in [4.69, 9.17) is 0 Å². The molecule has 1 amide bonds. The first kappa shape index (κ1) is 14.1. The van der Waals surface area contributed by atoms with Gasteiger partial charge in [0, 0.05) is 24.3 Å². The molecule has 4 heteroatoms. The molecule has 0 heterocycles. The zero-order valence-corrected chi connectivity index (χ0v) is 12.0. The molecule has 112 valence electrons. The number of nitrogens with one attached hydrogen (secondary N) is 1. The van der Waals surface area contributed by atoms with E-state index in [1.54, 1.807) is 0 Å². The van der Waals surface area contributed by atoms with Crippen molar-refractivity contribution in [3.8, 4) is 0 Å². The van der Waals surface area contributed by atoms with Gasteiger partial charge in [-0.05, 0) is 43.1 Å². The highest BCUT2D eigenvalue weighted by Gasteiger charge is 2.51. The van der Waals surface area contributed by atoms with Crippen molar-refractivity contribution in [3.05, 3.63) is 35.9 Å². The molecule has 2 bridgehead atoms. The van der Waals surface area contributed by atoms with E-state index in [1.807, 2.05) is 30.3 Å². The minimum absolute atomic E-state index is 0.104. The number of aliphatic carboxylic acids is 1. The monoisotopic (exact) mass is 286 g/mol. The topological polar surface area (TPSA) is 69.2 Å². The molecule has 0 aromatic heterocycles. The Bertz CT molecular complexity index is 528. The fourth-order valence-corrected chi connectivity index (χ4v) is 4.10. The van der Waals surface area contributed by atoms with Crippen molar-refractivity contribution in [2.75, 3.05) is 6.54 Å². The number of rotatable bonds is 5. The molecule has 21 heavy (non-hydrogen) atoms. The van der Waals surface area contributed by atoms with Crippen LogP contribution in [0.15, 0.2) is 30.3 Å². The molecule has 2 aliphatic rings. The lowest BCUT2D eigenvalue weighted by atomic mass is 9.78. The average molecular weight is 286 g/mol. The zero-order chi connectivity index (χ0) is 14.8. The summed E-state index contributed by atoms with van der Waals surface area (Å²) in [4.78, 5) is 23.6. The summed E-state index contributed by atoms with van der Waals surface area (Å²) in [6.07, 6.45) is 3.54. The second kappa shape index (κ2) is 5.88. The summed E-state index contributed by atoms with van der Waals surface area (Å²) in [5, 5.41) is 14.2. The fraction of sp³-hybridized carbons (Fsp3) is 0.529. The average Bonchev–Trinajstić information content (AvgIpc) is 3.08. The van der Waals surface area contributed by atoms with Crippen molar-refractivity contribution >= 4 is 11.9 Å². The van der Waals surface area contributed by atoms with Gasteiger partial charge in [-0.15, -0.1) is 0 Å². The van der Waals surface area contributed by atoms with Gasteiger partial charge in [0.1, 0.15) is 0 Å². The van der Waals surface area contributed by atoms with Gasteiger partial charge in [0.2, 0.25) is 5.91 Å². The first-order valence-corrected chi connectivity index (χ1v) is 7.69. The summed E-state index contributed by atoms with van der Waals surface area (Å²) in [6, 6.07) is 9.95. The number of hydrogen-bond acceptors (Lipinski definition) is 3. The fourth-order valence-electron chi connectivity index (χ4n) is 4.10. The highest BCUT2D eigenvalue weighted by molar-refractivity contribution is 5.85. The number of hydrogen-bond donors (Lipinski definition) is 1. The minimum atomic E-state index is -1.05. The third kappa shape index (κ3) is 2.80. The number of carbonyl (C=O) groups excluding carboxylic acids is 2. The quantitative estimate of drug-likeness (QED) is 0.868. The van der Waals surface area contributed by atoms with Crippen LogP contribution in [-0.2, 0) is 16.0 Å². The standard InChI is InChI=1S/C17H21NO3/c19-16(18-9-8-11-4-2-1-3-5-11)14-12-6-7-13(10-12)15(14)17(20)21/h1-5,12-15H,6-10H2,(H,18,19)(H,20,21)/p-1/t12-,13-,14+,15-/m0/s1. The third-order valence-electron chi connectivity index (χ3n) is 5.05. The third-order valence-corrected chi connectivity index (χ3v) is 5.05. The van der Waals surface area contributed by atoms with Gasteiger partial charge in [0.25, 0.3) is 0 Å². The van der Waals surface area contributed by atoms with Crippen LogP contribution >= 0.6 is 0 Å². The molecule has 2 saturated carbocycles. The summed E-state index contributed by atoms with van der Waals surface area (Å²) in [5.74, 6) is -1.75. The Labute approximate surface area is 124 Å². The van der Waals surface area contributed by atoms with Crippen LogP contribution in [0.2, 0.25) is 0 Å². The zero-order valence-electron chi connectivity index (χ0n) is 12.0. The lowest BCUT2D eigenvalue weighted by Crippen LogP contribution is -2.46. The number of amides is 1. The van der Waals surface area contributed by atoms with Crippen LogP contribution in [0.4, 0.5) is 0 Å². The van der Waals surface area contributed by atoms with Crippen molar-refractivity contribution in [2.24, 2.45) is 23.7 Å². The molecule has 1 N–H and O–H groups in total. The molecule has 0 aliphatic heterocycles. The van der Waals surface area contributed by atoms with E-state index < -0.39 is 11.9 Å². The van der Waals surface area contributed by atoms with Crippen LogP contribution in [0.3, 0.4) is 0 Å². The van der Waals surface area contributed by atoms with Gasteiger partial charge in [0.05, 0.1) is 0 Å². The van der Waals surface area contributed by atoms with Crippen LogP contribution in [0, 0.1) is 23.7 Å². The number of carboxylic acids is 1. The Kier molecular flexibility index (Phi) is 3.95. The first-order chi connectivity index (χ1) is 10.2. The largest absolute Gasteiger partial charge is 0.550 e. The summed E-state index contributed by atoms with van der Waals surface area (Å²) in [6.45, 7) is 0.552. The van der Waals surface area contributed by atoms with Gasteiger partial charge < -0.3 is 15.2 Å². The van der Waals surface area contributed by atoms with E-state index in [-0.39, 0.29) is 23.7 Å². The van der Waals surface area contributed by atoms with Crippen LogP contribution < -0.4 is 10.4 Å². The highest BCUT2D eigenvalue weighted by Crippen LogP contribution is 2.52. The normalized spacial score (nSPS) is 30.3. The second-order valence-corrected chi connectivity index (χ2v) is 6.23. The lowest BCUT2D eigenvalue weighted by Gasteiger charge is -2.30. The van der Waals surface area contributed by atoms with Crippen LogP contribution in [0.25, 0.3) is 0 Å². The summed E-state index contributed by atoms with van der Waals surface area (Å²) in [7, 11) is 0. The molecule has 4 nitrogen and oxygen atoms in total. The first-order valence-electron chi connectivity index (χ1n) is 7.69. The smallest absolute Gasteiger partial charge is 0.224 e. The van der Waals surface area contributed by atoms with E-state index in [2.05, 4.69) is 5.32 Å². The summed E-state index contributed by atoms with van der Waals surface area (Å²) >= 11 is 0. The number of carboxylic acid groups (broad SMARTS) is 1. The van der Waals surface area contributed by atoms with Gasteiger partial charge >= 0.3 is 0 Å². The molecular weight excluding hydrogens is 266 g/mol. The van der Waals surface area contributed by atoms with Crippen LogP contribution in [0.1, 0.15) is 24.8 Å². The minimum Gasteiger partial charge on any atom is -0.550 e. The van der Waals surface area contributed by atoms with E-state index in [1.165, 1.54) is 5.56 Å². The molecule has 2 aliphatic carbocycles. The number of carbonyl (C=O) groups is 2. The van der Waals surface area contributed by atoms with Crippen molar-refractivity contribution < 1.29 is 14.7 Å². The maximum atomic E-state index is 12.3. The molecule has 4 atom stereocenters. The van der Waals surface area contributed by atoms with Gasteiger partial charge in [0.15, 0.2) is 0 Å². The molecule has 2 fully saturated rings. The Hall–Kier alpha value is -1.84. The number of benzene rings is 1. The summed E-state index contributed by atoms with van der Waals surface area (Å²) in [5.41, 5.74) is 1.17. The van der Waals surface area contributed by atoms with E-state index >= 15 is 0 Å². The molecule has 0 spiro atoms. The van der Waals surface area contributed by atoms with Crippen molar-refractivity contribution in [3.63, 3.8) is 0 Å². The van der Waals surface area contributed by atoms with Crippen LogP contribution in [-0.4, -0.2) is 18.4 Å². The molecular formula is C17H20NO3-. The Morgan fingerprint density at radius 1 is 1.10 bits per heavy atom. The molecule has 1 aromatic rings. The predicted molar refractivity (Wildman–Crippen MR) is 76.0 cm³/mol. The Morgan fingerprint density at radius 3 is 2.43 bits per heavy atom. The summed E-state index contributed by atoms with van der Waals surface area (Å²) < 4.78 is 0. The van der Waals surface area contributed by atoms with Crippen molar-refractivity contribution in [1.82, 2.24) is 5.32 Å².